The van der Waals surface area contributed by atoms with E-state index >= 15 is 0 Å². The van der Waals surface area contributed by atoms with Gasteiger partial charge in [0.25, 0.3) is 0 Å². The first-order valence-corrected chi connectivity index (χ1v) is 8.29. The Bertz CT molecular complexity index is 565. The first-order chi connectivity index (χ1) is 10.4. The Hall–Kier alpha value is -1.15. The number of aromatic nitrogens is 1. The maximum absolute atomic E-state index is 4.76. The molecule has 0 amide bonds. The maximum Gasteiger partial charge on any atom is 0.198 e. The fraction of sp³-hybridized carbons (Fsp3) is 0.375. The van der Waals surface area contributed by atoms with E-state index in [9.17, 15) is 0 Å². The molecule has 0 spiro atoms. The Kier molecular flexibility index (Phi) is 7.11. The molecule has 2 aromatic rings. The Morgan fingerprint density at radius 1 is 1.18 bits per heavy atom. The van der Waals surface area contributed by atoms with E-state index in [4.69, 9.17) is 4.99 Å². The molecule has 2 heterocycles. The summed E-state index contributed by atoms with van der Waals surface area (Å²) < 4.78 is 0. The predicted molar refractivity (Wildman–Crippen MR) is 104 cm³/mol. The Balaban J connectivity index is 0.00000176. The average molecular weight is 428 g/mol. The summed E-state index contributed by atoms with van der Waals surface area (Å²) in [4.78, 5) is 11.4. The molecule has 0 radical (unpaired) electrons. The van der Waals surface area contributed by atoms with Crippen molar-refractivity contribution in [3.8, 4) is 0 Å². The van der Waals surface area contributed by atoms with Crippen molar-refractivity contribution in [2.24, 2.45) is 4.99 Å². The van der Waals surface area contributed by atoms with Crippen LogP contribution in [0.15, 0.2) is 46.9 Å². The van der Waals surface area contributed by atoms with E-state index in [2.05, 4.69) is 27.3 Å². The topological polar surface area (TPSA) is 40.5 Å². The zero-order valence-electron chi connectivity index (χ0n) is 12.4. The van der Waals surface area contributed by atoms with Gasteiger partial charge in [0, 0.05) is 30.4 Å². The second-order valence-electron chi connectivity index (χ2n) is 5.10. The van der Waals surface area contributed by atoms with Gasteiger partial charge in [-0.3, -0.25) is 0 Å². The highest BCUT2D eigenvalue weighted by molar-refractivity contribution is 14.0. The number of anilines is 1. The molecule has 0 saturated carbocycles. The summed E-state index contributed by atoms with van der Waals surface area (Å²) >= 11 is 1.65. The van der Waals surface area contributed by atoms with Crippen molar-refractivity contribution in [1.29, 1.82) is 0 Å². The number of hydrogen-bond acceptors (Lipinski definition) is 3. The number of rotatable bonds is 3. The molecule has 3 rings (SSSR count). The van der Waals surface area contributed by atoms with Crippen LogP contribution in [0.1, 0.15) is 24.3 Å². The number of nitrogens with zero attached hydrogens (tertiary/aromatic N) is 3. The first-order valence-electron chi connectivity index (χ1n) is 7.42. The molecule has 22 heavy (non-hydrogen) atoms. The zero-order valence-corrected chi connectivity index (χ0v) is 15.6. The molecule has 0 bridgehead atoms. The van der Waals surface area contributed by atoms with E-state index in [-0.39, 0.29) is 24.0 Å². The molecule has 118 valence electrons. The van der Waals surface area contributed by atoms with Gasteiger partial charge in [0.1, 0.15) is 5.01 Å². The van der Waals surface area contributed by atoms with Gasteiger partial charge in [-0.05, 0) is 31.4 Å². The van der Waals surface area contributed by atoms with E-state index in [0.717, 1.165) is 29.7 Å². The Morgan fingerprint density at radius 3 is 2.64 bits per heavy atom. The molecule has 1 aliphatic rings. The molecule has 0 aliphatic carbocycles. The Labute approximate surface area is 152 Å². The number of nitrogens with one attached hydrogen (secondary N) is 1. The lowest BCUT2D eigenvalue weighted by molar-refractivity contribution is 0.340. The van der Waals surface area contributed by atoms with Gasteiger partial charge in [0.05, 0.1) is 6.54 Å². The minimum atomic E-state index is 0. The fourth-order valence-electron chi connectivity index (χ4n) is 2.45. The third kappa shape index (κ3) is 4.95. The van der Waals surface area contributed by atoms with Gasteiger partial charge in [-0.1, -0.05) is 18.2 Å². The third-order valence-corrected chi connectivity index (χ3v) is 4.30. The van der Waals surface area contributed by atoms with E-state index in [1.54, 1.807) is 11.3 Å². The highest BCUT2D eigenvalue weighted by atomic mass is 127. The van der Waals surface area contributed by atoms with Crippen molar-refractivity contribution in [2.45, 2.75) is 25.8 Å². The van der Waals surface area contributed by atoms with Crippen LogP contribution in [-0.4, -0.2) is 28.9 Å². The number of thiazole rings is 1. The van der Waals surface area contributed by atoms with Crippen LogP contribution < -0.4 is 5.32 Å². The minimum absolute atomic E-state index is 0. The SMILES string of the molecule is I.c1ccc(NC(=NCc2nccs2)N2CCCCC2)cc1. The molecular weight excluding hydrogens is 407 g/mol. The number of hydrogen-bond donors (Lipinski definition) is 1. The molecule has 0 unspecified atom stereocenters. The normalized spacial score (nSPS) is 15.3. The molecular formula is C16H21IN4S. The molecule has 1 aliphatic heterocycles. The first kappa shape index (κ1) is 17.2. The van der Waals surface area contributed by atoms with E-state index in [0.29, 0.717) is 6.54 Å². The monoisotopic (exact) mass is 428 g/mol. The molecule has 1 fully saturated rings. The molecule has 4 nitrogen and oxygen atoms in total. The largest absolute Gasteiger partial charge is 0.343 e. The number of para-hydroxylation sites is 1. The molecule has 1 saturated heterocycles. The smallest absolute Gasteiger partial charge is 0.198 e. The van der Waals surface area contributed by atoms with Crippen LogP contribution in [-0.2, 0) is 6.54 Å². The summed E-state index contributed by atoms with van der Waals surface area (Å²) in [5, 5.41) is 6.51. The van der Waals surface area contributed by atoms with Gasteiger partial charge < -0.3 is 10.2 Å². The van der Waals surface area contributed by atoms with Gasteiger partial charge in [-0.15, -0.1) is 35.3 Å². The standard InChI is InChI=1S/C16H20N4S.HI/c1-3-7-14(8-4-1)19-16(20-10-5-2-6-11-20)18-13-15-17-9-12-21-15;/h1,3-4,7-9,12H,2,5-6,10-11,13H2,(H,18,19);1H. The predicted octanol–water partition coefficient (Wildman–Crippen LogP) is 4.22. The number of halogens is 1. The van der Waals surface area contributed by atoms with Gasteiger partial charge in [0.15, 0.2) is 5.96 Å². The van der Waals surface area contributed by atoms with Gasteiger partial charge >= 0.3 is 0 Å². The van der Waals surface area contributed by atoms with Crippen molar-refractivity contribution >= 4 is 47.0 Å². The quantitative estimate of drug-likeness (QED) is 0.452. The van der Waals surface area contributed by atoms with Crippen LogP contribution in [0, 0.1) is 0 Å². The van der Waals surface area contributed by atoms with Crippen LogP contribution in [0.4, 0.5) is 5.69 Å². The summed E-state index contributed by atoms with van der Waals surface area (Å²) in [5.74, 6) is 0.969. The van der Waals surface area contributed by atoms with E-state index in [1.807, 2.05) is 29.8 Å². The Morgan fingerprint density at radius 2 is 1.95 bits per heavy atom. The number of aliphatic imine (C=N–C) groups is 1. The van der Waals surface area contributed by atoms with E-state index < -0.39 is 0 Å². The van der Waals surface area contributed by atoms with E-state index in [1.165, 1.54) is 19.3 Å². The summed E-state index contributed by atoms with van der Waals surface area (Å²) in [5.41, 5.74) is 1.08. The van der Waals surface area contributed by atoms with Crippen LogP contribution in [0.25, 0.3) is 0 Å². The zero-order chi connectivity index (χ0) is 14.3. The van der Waals surface area contributed by atoms with Crippen LogP contribution >= 0.6 is 35.3 Å². The summed E-state index contributed by atoms with van der Waals surface area (Å²) in [6, 6.07) is 10.2. The summed E-state index contributed by atoms with van der Waals surface area (Å²) in [7, 11) is 0. The van der Waals surface area contributed by atoms with Crippen LogP contribution in [0.2, 0.25) is 0 Å². The van der Waals surface area contributed by atoms with Crippen molar-refractivity contribution in [2.75, 3.05) is 18.4 Å². The lowest BCUT2D eigenvalue weighted by atomic mass is 10.1. The average Bonchev–Trinajstić information content (AvgIpc) is 3.07. The number of likely N-dealkylation sites (tertiary alicyclic amines) is 1. The van der Waals surface area contributed by atoms with Crippen molar-refractivity contribution < 1.29 is 0 Å². The molecule has 1 aromatic carbocycles. The number of guanidine groups is 1. The third-order valence-electron chi connectivity index (χ3n) is 3.53. The van der Waals surface area contributed by atoms with Crippen molar-refractivity contribution in [1.82, 2.24) is 9.88 Å². The summed E-state index contributed by atoms with van der Waals surface area (Å²) in [6.45, 7) is 2.80. The fourth-order valence-corrected chi connectivity index (χ4v) is 2.99. The molecule has 1 aromatic heterocycles. The lowest BCUT2D eigenvalue weighted by Gasteiger charge is -2.30. The second-order valence-corrected chi connectivity index (χ2v) is 6.08. The van der Waals surface area contributed by atoms with Gasteiger partial charge in [-0.25, -0.2) is 9.98 Å². The molecule has 6 heteroatoms. The van der Waals surface area contributed by atoms with Crippen molar-refractivity contribution in [3.63, 3.8) is 0 Å². The molecule has 1 N–H and O–H groups in total. The number of benzene rings is 1. The lowest BCUT2D eigenvalue weighted by Crippen LogP contribution is -2.40. The highest BCUT2D eigenvalue weighted by Crippen LogP contribution is 2.14. The molecule has 0 atom stereocenters. The maximum atomic E-state index is 4.76. The van der Waals surface area contributed by atoms with Crippen LogP contribution in [0.5, 0.6) is 0 Å². The van der Waals surface area contributed by atoms with Gasteiger partial charge in [-0.2, -0.15) is 0 Å². The van der Waals surface area contributed by atoms with Crippen molar-refractivity contribution in [3.05, 3.63) is 46.9 Å². The highest BCUT2D eigenvalue weighted by Gasteiger charge is 2.15. The van der Waals surface area contributed by atoms with Gasteiger partial charge in [0.2, 0.25) is 0 Å². The van der Waals surface area contributed by atoms with Crippen LogP contribution in [0.3, 0.4) is 0 Å². The second kappa shape index (κ2) is 9.09. The summed E-state index contributed by atoms with van der Waals surface area (Å²) in [6.07, 6.45) is 5.64. The minimum Gasteiger partial charge on any atom is -0.343 e. The number of piperidine rings is 1.